The molecule has 3 N–H and O–H groups in total. The number of nitrogens with two attached hydrogens (primary N) is 1. The van der Waals surface area contributed by atoms with Gasteiger partial charge in [-0.2, -0.15) is 0 Å². The minimum Gasteiger partial charge on any atom is -0.394 e. The fourth-order valence-corrected chi connectivity index (χ4v) is 3.60. The predicted molar refractivity (Wildman–Crippen MR) is 104 cm³/mol. The Bertz CT molecular complexity index is 533. The van der Waals surface area contributed by atoms with Gasteiger partial charge in [0.25, 0.3) is 0 Å². The summed E-state index contributed by atoms with van der Waals surface area (Å²) in [4.78, 5) is 0. The van der Waals surface area contributed by atoms with Crippen molar-refractivity contribution in [3.05, 3.63) is 41.0 Å². The number of rotatable bonds is 9. The van der Waals surface area contributed by atoms with Crippen LogP contribution in [-0.2, 0) is 12.8 Å². The average Bonchev–Trinajstić information content (AvgIpc) is 2.80. The zero-order valence-corrected chi connectivity index (χ0v) is 15.6. The van der Waals surface area contributed by atoms with Gasteiger partial charge in [0, 0.05) is 5.54 Å². The van der Waals surface area contributed by atoms with Crippen molar-refractivity contribution in [2.24, 2.45) is 11.7 Å². The van der Waals surface area contributed by atoms with Crippen LogP contribution < -0.4 is 5.73 Å². The van der Waals surface area contributed by atoms with E-state index in [1.54, 1.807) is 0 Å². The third-order valence-corrected chi connectivity index (χ3v) is 5.45. The Morgan fingerprint density at radius 2 is 1.92 bits per heavy atom. The number of aliphatic hydroxyl groups excluding tert-OH is 1. The molecule has 2 atom stereocenters. The summed E-state index contributed by atoms with van der Waals surface area (Å²) in [5.41, 5.74) is 9.93. The molecule has 0 fully saturated rings. The number of hydrogen-bond acceptors (Lipinski definition) is 2. The maximum atomic E-state index is 9.51. The fourth-order valence-electron chi connectivity index (χ4n) is 3.60. The Morgan fingerprint density at radius 1 is 1.17 bits per heavy atom. The summed E-state index contributed by atoms with van der Waals surface area (Å²) in [6, 6.07) is 6.93. The lowest BCUT2D eigenvalue weighted by molar-refractivity contribution is 0.170. The van der Waals surface area contributed by atoms with Crippen LogP contribution in [-0.4, -0.2) is 17.3 Å². The van der Waals surface area contributed by atoms with Crippen molar-refractivity contribution in [3.8, 4) is 0 Å². The lowest BCUT2D eigenvalue weighted by Gasteiger charge is -2.29. The molecule has 0 radical (unpaired) electrons. The normalized spacial score (nSPS) is 19.6. The first-order valence-electron chi connectivity index (χ1n) is 9.76. The van der Waals surface area contributed by atoms with E-state index in [2.05, 4.69) is 37.3 Å². The molecule has 2 nitrogen and oxygen atoms in total. The second-order valence-electron chi connectivity index (χ2n) is 7.72. The zero-order valence-electron chi connectivity index (χ0n) is 15.6. The molecular formula is C22H35NO. The molecule has 0 saturated carbocycles. The molecule has 0 heterocycles. The number of aliphatic hydroxyl groups is 1. The van der Waals surface area contributed by atoms with Crippen LogP contribution >= 0.6 is 0 Å². The Kier molecular flexibility index (Phi) is 7.51. The van der Waals surface area contributed by atoms with Gasteiger partial charge in [0.15, 0.2) is 0 Å². The number of hydrogen-bond donors (Lipinski definition) is 2. The van der Waals surface area contributed by atoms with Crippen molar-refractivity contribution in [2.75, 3.05) is 6.61 Å². The van der Waals surface area contributed by atoms with Gasteiger partial charge >= 0.3 is 0 Å². The lowest BCUT2D eigenvalue weighted by Crippen LogP contribution is -2.46. The molecule has 1 aromatic rings. The van der Waals surface area contributed by atoms with Gasteiger partial charge in [-0.05, 0) is 55.2 Å². The van der Waals surface area contributed by atoms with Crippen LogP contribution in [0, 0.1) is 5.92 Å². The summed E-state index contributed by atoms with van der Waals surface area (Å²) in [5, 5.41) is 9.51. The van der Waals surface area contributed by atoms with Gasteiger partial charge < -0.3 is 10.8 Å². The summed E-state index contributed by atoms with van der Waals surface area (Å²) in [6.07, 6.45) is 15.7. The van der Waals surface area contributed by atoms with Crippen molar-refractivity contribution < 1.29 is 5.11 Å². The summed E-state index contributed by atoms with van der Waals surface area (Å²) in [7, 11) is 0. The zero-order chi connectivity index (χ0) is 17.4. The van der Waals surface area contributed by atoms with Crippen LogP contribution in [0.15, 0.2) is 24.3 Å². The number of benzene rings is 1. The molecule has 2 rings (SSSR count). The van der Waals surface area contributed by atoms with Crippen LogP contribution in [0.3, 0.4) is 0 Å². The molecule has 0 amide bonds. The highest BCUT2D eigenvalue weighted by Gasteiger charge is 2.28. The summed E-state index contributed by atoms with van der Waals surface area (Å²) in [5.74, 6) is 0.233. The van der Waals surface area contributed by atoms with E-state index in [0.717, 1.165) is 12.8 Å². The highest BCUT2D eigenvalue weighted by Crippen LogP contribution is 2.28. The maximum Gasteiger partial charge on any atom is 0.0614 e. The van der Waals surface area contributed by atoms with Crippen molar-refractivity contribution in [1.82, 2.24) is 0 Å². The molecule has 2 heteroatoms. The first-order valence-corrected chi connectivity index (χ1v) is 9.76. The highest BCUT2D eigenvalue weighted by atomic mass is 16.3. The topological polar surface area (TPSA) is 46.2 Å². The quantitative estimate of drug-likeness (QED) is 0.635. The molecule has 0 saturated heterocycles. The Hall–Kier alpha value is -1.12. The van der Waals surface area contributed by atoms with Gasteiger partial charge in [0.05, 0.1) is 6.61 Å². The minimum atomic E-state index is -0.528. The summed E-state index contributed by atoms with van der Waals surface area (Å²) >= 11 is 0. The first-order chi connectivity index (χ1) is 11.6. The van der Waals surface area contributed by atoms with E-state index in [-0.39, 0.29) is 12.5 Å². The molecule has 0 bridgehead atoms. The second kappa shape index (κ2) is 9.39. The van der Waals surface area contributed by atoms with E-state index in [1.807, 2.05) is 6.92 Å². The van der Waals surface area contributed by atoms with E-state index < -0.39 is 5.54 Å². The second-order valence-corrected chi connectivity index (χ2v) is 7.72. The largest absolute Gasteiger partial charge is 0.394 e. The lowest BCUT2D eigenvalue weighted by atomic mass is 9.84. The van der Waals surface area contributed by atoms with Gasteiger partial charge in [-0.15, -0.1) is 0 Å². The Balaban J connectivity index is 1.89. The van der Waals surface area contributed by atoms with Gasteiger partial charge in [0.2, 0.25) is 0 Å². The average molecular weight is 330 g/mol. The molecule has 0 aliphatic heterocycles. The predicted octanol–water partition coefficient (Wildman–Crippen LogP) is 4.87. The van der Waals surface area contributed by atoms with Crippen LogP contribution in [0.4, 0.5) is 0 Å². The molecular weight excluding hydrogens is 294 g/mol. The standard InChI is InChI=1S/C22H35NO/c1-3-4-5-6-7-8-9-18-10-11-19-12-14-21(22(2,23)17-24)15-13-20(19)16-18/h10-12,14,16,21,24H,3-9,13,15,17,23H2,1-2H3/t21-,22-/m1/s1. The highest BCUT2D eigenvalue weighted by molar-refractivity contribution is 5.56. The number of aryl methyl sites for hydroxylation is 2. The summed E-state index contributed by atoms with van der Waals surface area (Å²) in [6.45, 7) is 4.24. The molecule has 0 unspecified atom stereocenters. The van der Waals surface area contributed by atoms with Gasteiger partial charge in [0.1, 0.15) is 0 Å². The van der Waals surface area contributed by atoms with Crippen LogP contribution in [0.2, 0.25) is 0 Å². The monoisotopic (exact) mass is 329 g/mol. The Labute approximate surface area is 148 Å². The number of fused-ring (bicyclic) bond motifs is 1. The van der Waals surface area contributed by atoms with Crippen molar-refractivity contribution in [1.29, 1.82) is 0 Å². The third-order valence-electron chi connectivity index (χ3n) is 5.45. The van der Waals surface area contributed by atoms with Gasteiger partial charge in [-0.1, -0.05) is 69.4 Å². The van der Waals surface area contributed by atoms with E-state index in [9.17, 15) is 5.11 Å². The number of unbranched alkanes of at least 4 members (excludes halogenated alkanes) is 5. The first kappa shape index (κ1) is 19.2. The van der Waals surface area contributed by atoms with E-state index in [0.29, 0.717) is 0 Å². The molecule has 134 valence electrons. The van der Waals surface area contributed by atoms with E-state index >= 15 is 0 Å². The molecule has 1 aromatic carbocycles. The van der Waals surface area contributed by atoms with Crippen LogP contribution in [0.25, 0.3) is 6.08 Å². The molecule has 0 spiro atoms. The molecule has 0 aromatic heterocycles. The van der Waals surface area contributed by atoms with Gasteiger partial charge in [-0.25, -0.2) is 0 Å². The minimum absolute atomic E-state index is 0.0294. The third kappa shape index (κ3) is 5.46. The van der Waals surface area contributed by atoms with Crippen molar-refractivity contribution in [2.45, 2.75) is 77.2 Å². The van der Waals surface area contributed by atoms with E-state index in [1.165, 1.54) is 61.6 Å². The molecule has 24 heavy (non-hydrogen) atoms. The molecule has 1 aliphatic rings. The van der Waals surface area contributed by atoms with Crippen LogP contribution in [0.5, 0.6) is 0 Å². The smallest absolute Gasteiger partial charge is 0.0614 e. The SMILES string of the molecule is CCCCCCCCc1ccc2c(c1)CC[C@H]([C@](C)(N)CO)C=C2. The van der Waals surface area contributed by atoms with E-state index in [4.69, 9.17) is 5.73 Å². The Morgan fingerprint density at radius 3 is 2.67 bits per heavy atom. The van der Waals surface area contributed by atoms with Crippen molar-refractivity contribution >= 4 is 6.08 Å². The molecule has 1 aliphatic carbocycles. The van der Waals surface area contributed by atoms with Crippen LogP contribution in [0.1, 0.15) is 75.5 Å². The van der Waals surface area contributed by atoms with Crippen molar-refractivity contribution in [3.63, 3.8) is 0 Å². The van der Waals surface area contributed by atoms with Gasteiger partial charge in [-0.3, -0.25) is 0 Å². The maximum absolute atomic E-state index is 9.51. The summed E-state index contributed by atoms with van der Waals surface area (Å²) < 4.78 is 0. The fraction of sp³-hybridized carbons (Fsp3) is 0.636.